The molecule has 0 radical (unpaired) electrons. The van der Waals surface area contributed by atoms with Crippen LogP contribution in [0.1, 0.15) is 38.8 Å². The summed E-state index contributed by atoms with van der Waals surface area (Å²) in [5.41, 5.74) is 1.16. The molecular weight excluding hydrogens is 590 g/mol. The minimum atomic E-state index is -3.92. The van der Waals surface area contributed by atoms with Crippen LogP contribution in [-0.4, -0.2) is 62.2 Å². The van der Waals surface area contributed by atoms with E-state index in [2.05, 4.69) is 5.32 Å². The molecule has 0 aromatic heterocycles. The third-order valence-corrected chi connectivity index (χ3v) is 8.97. The number of ether oxygens (including phenoxy) is 2. The van der Waals surface area contributed by atoms with Gasteiger partial charge in [-0.1, -0.05) is 60.1 Å². The monoisotopic (exact) mass is 627 g/mol. The molecule has 1 atom stereocenters. The Morgan fingerprint density at radius 3 is 2.26 bits per heavy atom. The van der Waals surface area contributed by atoms with Crippen molar-refractivity contribution in [2.45, 2.75) is 52.2 Å². The Labute approximate surface area is 258 Å². The molecule has 0 saturated carbocycles. The molecule has 1 heterocycles. The van der Waals surface area contributed by atoms with Gasteiger partial charge in [-0.05, 0) is 57.0 Å². The molecule has 1 aliphatic rings. The highest BCUT2D eigenvalue weighted by atomic mass is 35.5. The van der Waals surface area contributed by atoms with Gasteiger partial charge in [-0.3, -0.25) is 13.9 Å². The van der Waals surface area contributed by atoms with E-state index in [1.165, 1.54) is 11.8 Å². The lowest BCUT2D eigenvalue weighted by molar-refractivity contribution is -0.140. The Balaban J connectivity index is 1.77. The number of amides is 2. The standard InChI is InChI=1S/C32H38ClN3O6S/c1-5-43(39,40)36(25-15-16-28-29(20-25)42-18-17-41-28)22-30(37)35(21-24-13-9-10-14-26(24)33)27(31(38)34-32(2,3)4)19-23-11-7-6-8-12-23/h6-16,20,27H,5,17-19,21-22H2,1-4H3,(H,34,38). The van der Waals surface area contributed by atoms with Crippen molar-refractivity contribution in [1.29, 1.82) is 0 Å². The summed E-state index contributed by atoms with van der Waals surface area (Å²) in [4.78, 5) is 29.6. The van der Waals surface area contributed by atoms with Crippen molar-refractivity contribution in [3.8, 4) is 11.5 Å². The number of rotatable bonds is 11. The first-order valence-corrected chi connectivity index (χ1v) is 16.2. The molecule has 230 valence electrons. The van der Waals surface area contributed by atoms with Gasteiger partial charge in [0.2, 0.25) is 21.8 Å². The van der Waals surface area contributed by atoms with Gasteiger partial charge in [-0.15, -0.1) is 0 Å². The number of fused-ring (bicyclic) bond motifs is 1. The molecule has 1 aliphatic heterocycles. The van der Waals surface area contributed by atoms with Crippen molar-refractivity contribution < 1.29 is 27.5 Å². The maximum atomic E-state index is 14.3. The van der Waals surface area contributed by atoms with Crippen molar-refractivity contribution in [3.63, 3.8) is 0 Å². The van der Waals surface area contributed by atoms with Gasteiger partial charge < -0.3 is 19.7 Å². The van der Waals surface area contributed by atoms with Gasteiger partial charge in [0.25, 0.3) is 0 Å². The zero-order valence-electron chi connectivity index (χ0n) is 24.9. The molecule has 0 bridgehead atoms. The highest BCUT2D eigenvalue weighted by Crippen LogP contribution is 2.35. The Hall–Kier alpha value is -3.76. The van der Waals surface area contributed by atoms with Crippen LogP contribution in [0, 0.1) is 0 Å². The lowest BCUT2D eigenvalue weighted by atomic mass is 10.0. The summed E-state index contributed by atoms with van der Waals surface area (Å²) in [6, 6.07) is 20.3. The molecule has 3 aromatic rings. The van der Waals surface area contributed by atoms with E-state index in [0.29, 0.717) is 35.3 Å². The first-order chi connectivity index (χ1) is 20.4. The molecule has 9 nitrogen and oxygen atoms in total. The number of sulfonamides is 1. The summed E-state index contributed by atoms with van der Waals surface area (Å²) >= 11 is 6.52. The van der Waals surface area contributed by atoms with Crippen LogP contribution in [0.25, 0.3) is 0 Å². The predicted octanol–water partition coefficient (Wildman–Crippen LogP) is 4.82. The van der Waals surface area contributed by atoms with Gasteiger partial charge in [0.15, 0.2) is 11.5 Å². The minimum Gasteiger partial charge on any atom is -0.486 e. The van der Waals surface area contributed by atoms with E-state index < -0.39 is 34.1 Å². The van der Waals surface area contributed by atoms with Crippen molar-refractivity contribution in [1.82, 2.24) is 10.2 Å². The molecule has 0 saturated heterocycles. The zero-order chi connectivity index (χ0) is 31.2. The van der Waals surface area contributed by atoms with Gasteiger partial charge in [0.05, 0.1) is 11.4 Å². The van der Waals surface area contributed by atoms with E-state index in [0.717, 1.165) is 9.87 Å². The van der Waals surface area contributed by atoms with Crippen molar-refractivity contribution in [3.05, 3.63) is 88.9 Å². The number of hydrogen-bond acceptors (Lipinski definition) is 6. The van der Waals surface area contributed by atoms with Gasteiger partial charge >= 0.3 is 0 Å². The Bertz CT molecular complexity index is 1540. The molecule has 2 amide bonds. The maximum absolute atomic E-state index is 14.3. The molecule has 43 heavy (non-hydrogen) atoms. The van der Waals surface area contributed by atoms with Crippen LogP contribution in [0.3, 0.4) is 0 Å². The molecule has 1 N–H and O–H groups in total. The first kappa shape index (κ1) is 32.2. The quantitative estimate of drug-likeness (QED) is 0.327. The number of nitrogens with one attached hydrogen (secondary N) is 1. The molecule has 0 fully saturated rings. The largest absolute Gasteiger partial charge is 0.486 e. The molecule has 1 unspecified atom stereocenters. The fourth-order valence-electron chi connectivity index (χ4n) is 4.72. The predicted molar refractivity (Wildman–Crippen MR) is 168 cm³/mol. The molecule has 0 aliphatic carbocycles. The van der Waals surface area contributed by atoms with Crippen molar-refractivity contribution >= 4 is 39.1 Å². The molecule has 0 spiro atoms. The van der Waals surface area contributed by atoms with E-state index in [4.69, 9.17) is 21.1 Å². The second kappa shape index (κ2) is 13.7. The van der Waals surface area contributed by atoms with E-state index in [-0.39, 0.29) is 30.3 Å². The van der Waals surface area contributed by atoms with Crippen molar-refractivity contribution in [2.75, 3.05) is 29.8 Å². The van der Waals surface area contributed by atoms with Crippen LogP contribution in [0.15, 0.2) is 72.8 Å². The average Bonchev–Trinajstić information content (AvgIpc) is 2.97. The van der Waals surface area contributed by atoms with Gasteiger partial charge in [0, 0.05) is 29.6 Å². The number of carbonyl (C=O) groups is 2. The Kier molecular flexibility index (Phi) is 10.2. The molecule has 3 aromatic carbocycles. The summed E-state index contributed by atoms with van der Waals surface area (Å²) in [5, 5.41) is 3.44. The fraction of sp³-hybridized carbons (Fsp3) is 0.375. The van der Waals surface area contributed by atoms with Gasteiger partial charge in [-0.25, -0.2) is 8.42 Å². The zero-order valence-corrected chi connectivity index (χ0v) is 26.5. The lowest BCUT2D eigenvalue weighted by Gasteiger charge is -2.35. The fourth-order valence-corrected chi connectivity index (χ4v) is 5.97. The van der Waals surface area contributed by atoms with Crippen LogP contribution in [-0.2, 0) is 32.6 Å². The smallest absolute Gasteiger partial charge is 0.244 e. The summed E-state index contributed by atoms with van der Waals surface area (Å²) < 4.78 is 39.1. The molecule has 11 heteroatoms. The van der Waals surface area contributed by atoms with Crippen LogP contribution < -0.4 is 19.1 Å². The highest BCUT2D eigenvalue weighted by Gasteiger charge is 2.35. The SMILES string of the molecule is CCS(=O)(=O)N(CC(=O)N(Cc1ccccc1Cl)C(Cc1ccccc1)C(=O)NC(C)(C)C)c1ccc2c(c1)OCCO2. The van der Waals surface area contributed by atoms with E-state index in [1.807, 2.05) is 51.1 Å². The maximum Gasteiger partial charge on any atom is 0.244 e. The number of halogens is 1. The summed E-state index contributed by atoms with van der Waals surface area (Å²) in [7, 11) is -3.92. The average molecular weight is 628 g/mol. The summed E-state index contributed by atoms with van der Waals surface area (Å²) in [5.74, 6) is -0.265. The first-order valence-electron chi connectivity index (χ1n) is 14.2. The second-order valence-corrected chi connectivity index (χ2v) is 13.9. The van der Waals surface area contributed by atoms with Crippen LogP contribution in [0.5, 0.6) is 11.5 Å². The normalized spacial score (nSPS) is 13.6. The van der Waals surface area contributed by atoms with E-state index >= 15 is 0 Å². The van der Waals surface area contributed by atoms with Crippen LogP contribution in [0.2, 0.25) is 5.02 Å². The summed E-state index contributed by atoms with van der Waals surface area (Å²) in [6.45, 7) is 7.28. The Morgan fingerprint density at radius 2 is 1.60 bits per heavy atom. The summed E-state index contributed by atoms with van der Waals surface area (Å²) in [6.07, 6.45) is 0.212. The van der Waals surface area contributed by atoms with E-state index in [9.17, 15) is 18.0 Å². The lowest BCUT2D eigenvalue weighted by Crippen LogP contribution is -2.56. The van der Waals surface area contributed by atoms with E-state index in [1.54, 1.807) is 42.5 Å². The van der Waals surface area contributed by atoms with Crippen molar-refractivity contribution in [2.24, 2.45) is 0 Å². The third-order valence-electron chi connectivity index (χ3n) is 6.86. The number of carbonyl (C=O) groups excluding carboxylic acids is 2. The topological polar surface area (TPSA) is 105 Å². The molecule has 4 rings (SSSR count). The number of nitrogens with zero attached hydrogens (tertiary/aromatic N) is 2. The molecular formula is C32H38ClN3O6S. The number of benzene rings is 3. The second-order valence-electron chi connectivity index (χ2n) is 11.3. The Morgan fingerprint density at radius 1 is 0.953 bits per heavy atom. The van der Waals surface area contributed by atoms with Gasteiger partial charge in [-0.2, -0.15) is 0 Å². The number of anilines is 1. The van der Waals surface area contributed by atoms with Crippen LogP contribution >= 0.6 is 11.6 Å². The van der Waals surface area contributed by atoms with Crippen LogP contribution in [0.4, 0.5) is 5.69 Å². The highest BCUT2D eigenvalue weighted by molar-refractivity contribution is 7.92. The third kappa shape index (κ3) is 8.42. The number of hydrogen-bond donors (Lipinski definition) is 1. The van der Waals surface area contributed by atoms with Gasteiger partial charge in [0.1, 0.15) is 25.8 Å². The minimum absolute atomic E-state index is 0.00524.